The summed E-state index contributed by atoms with van der Waals surface area (Å²) >= 11 is 0. The first-order valence-electron chi connectivity index (χ1n) is 6.67. The average molecular weight is 302 g/mol. The normalized spacial score (nSPS) is 23.4. The van der Waals surface area contributed by atoms with Crippen LogP contribution >= 0.6 is 0 Å². The largest absolute Gasteiger partial charge is 0.361 e. The number of hydrogen-bond acceptors (Lipinski definition) is 6. The van der Waals surface area contributed by atoms with Gasteiger partial charge in [-0.15, -0.1) is 0 Å². The van der Waals surface area contributed by atoms with Crippen LogP contribution in [0.5, 0.6) is 0 Å². The molecule has 0 saturated carbocycles. The van der Waals surface area contributed by atoms with Crippen molar-refractivity contribution in [2.45, 2.75) is 31.3 Å². The third-order valence-electron chi connectivity index (χ3n) is 3.70. The van der Waals surface area contributed by atoms with Crippen molar-refractivity contribution < 1.29 is 22.4 Å². The highest BCUT2D eigenvalue weighted by molar-refractivity contribution is 7.88. The molecule has 0 aromatic carbocycles. The highest BCUT2D eigenvalue weighted by atomic mass is 32.2. The summed E-state index contributed by atoms with van der Waals surface area (Å²) < 4.78 is 42.2. The Bertz CT molecular complexity index is 566. The van der Waals surface area contributed by atoms with Gasteiger partial charge in [-0.25, -0.2) is 12.7 Å². The van der Waals surface area contributed by atoms with Crippen LogP contribution in [0.1, 0.15) is 24.3 Å². The molecule has 7 nitrogen and oxygen atoms in total. The molecule has 2 fully saturated rings. The standard InChI is InChI=1S/C12H18N2O5S/c1-10-8-11(13-19-10)9-20(15,16)14-4-2-12(3-5-14)17-6-7-18-12/h8H,2-7,9H2,1H3. The van der Waals surface area contributed by atoms with Gasteiger partial charge >= 0.3 is 0 Å². The SMILES string of the molecule is Cc1cc(CS(=O)(=O)N2CCC3(CC2)OCCO3)no1. The molecule has 20 heavy (non-hydrogen) atoms. The highest BCUT2D eigenvalue weighted by Crippen LogP contribution is 2.32. The van der Waals surface area contributed by atoms with Crippen LogP contribution in [0.2, 0.25) is 0 Å². The zero-order valence-corrected chi connectivity index (χ0v) is 12.2. The van der Waals surface area contributed by atoms with E-state index >= 15 is 0 Å². The summed E-state index contributed by atoms with van der Waals surface area (Å²) in [6.45, 7) is 3.75. The molecular weight excluding hydrogens is 284 g/mol. The van der Waals surface area contributed by atoms with E-state index in [-0.39, 0.29) is 5.75 Å². The van der Waals surface area contributed by atoms with Crippen LogP contribution in [0.25, 0.3) is 0 Å². The van der Waals surface area contributed by atoms with E-state index in [1.807, 2.05) is 0 Å². The number of aryl methyl sites for hydroxylation is 1. The predicted molar refractivity (Wildman–Crippen MR) is 69.3 cm³/mol. The monoisotopic (exact) mass is 302 g/mol. The molecule has 112 valence electrons. The molecule has 0 unspecified atom stereocenters. The van der Waals surface area contributed by atoms with Crippen LogP contribution in [0, 0.1) is 6.92 Å². The van der Waals surface area contributed by atoms with Crippen molar-refractivity contribution in [3.8, 4) is 0 Å². The quantitative estimate of drug-likeness (QED) is 0.815. The minimum Gasteiger partial charge on any atom is -0.361 e. The second kappa shape index (κ2) is 5.10. The minimum absolute atomic E-state index is 0.126. The summed E-state index contributed by atoms with van der Waals surface area (Å²) in [6, 6.07) is 1.65. The Hall–Kier alpha value is -0.960. The summed E-state index contributed by atoms with van der Waals surface area (Å²) in [7, 11) is -3.37. The van der Waals surface area contributed by atoms with E-state index in [0.717, 1.165) is 0 Å². The lowest BCUT2D eigenvalue weighted by atomic mass is 10.1. The molecule has 1 spiro atoms. The van der Waals surface area contributed by atoms with Gasteiger partial charge in [0, 0.05) is 32.0 Å². The van der Waals surface area contributed by atoms with Crippen molar-refractivity contribution in [2.75, 3.05) is 26.3 Å². The molecule has 0 aliphatic carbocycles. The van der Waals surface area contributed by atoms with Crippen molar-refractivity contribution in [2.24, 2.45) is 0 Å². The maximum Gasteiger partial charge on any atom is 0.219 e. The maximum atomic E-state index is 12.3. The van der Waals surface area contributed by atoms with Gasteiger partial charge in [0.15, 0.2) is 5.79 Å². The first-order chi connectivity index (χ1) is 9.49. The molecule has 3 heterocycles. The molecule has 8 heteroatoms. The van der Waals surface area contributed by atoms with Crippen molar-refractivity contribution in [3.63, 3.8) is 0 Å². The van der Waals surface area contributed by atoms with E-state index in [1.165, 1.54) is 4.31 Å². The fourth-order valence-corrected chi connectivity index (χ4v) is 4.09. The maximum absolute atomic E-state index is 12.3. The Balaban J connectivity index is 1.64. The number of rotatable bonds is 3. The topological polar surface area (TPSA) is 81.9 Å². The number of sulfonamides is 1. The average Bonchev–Trinajstić information content (AvgIpc) is 3.00. The molecule has 0 radical (unpaired) electrons. The Labute approximate surface area is 117 Å². The van der Waals surface area contributed by atoms with Gasteiger partial charge in [0.25, 0.3) is 0 Å². The van der Waals surface area contributed by atoms with E-state index in [0.29, 0.717) is 50.6 Å². The number of aromatic nitrogens is 1. The second-order valence-corrected chi connectivity index (χ2v) is 7.16. The fourth-order valence-electron chi connectivity index (χ4n) is 2.65. The predicted octanol–water partition coefficient (Wildman–Crippen LogP) is 0.652. The molecule has 1 aromatic heterocycles. The van der Waals surface area contributed by atoms with E-state index in [2.05, 4.69) is 5.16 Å². The molecule has 0 atom stereocenters. The molecule has 3 rings (SSSR count). The van der Waals surface area contributed by atoms with Crippen LogP contribution in [0.4, 0.5) is 0 Å². The van der Waals surface area contributed by atoms with Gasteiger partial charge in [0.1, 0.15) is 17.2 Å². The van der Waals surface area contributed by atoms with E-state index in [1.54, 1.807) is 13.0 Å². The summed E-state index contributed by atoms with van der Waals surface area (Å²) in [4.78, 5) is 0. The van der Waals surface area contributed by atoms with Gasteiger partial charge in [-0.05, 0) is 6.92 Å². The van der Waals surface area contributed by atoms with Crippen LogP contribution < -0.4 is 0 Å². The van der Waals surface area contributed by atoms with Crippen molar-refractivity contribution in [3.05, 3.63) is 17.5 Å². The van der Waals surface area contributed by atoms with Gasteiger partial charge in [0.05, 0.1) is 13.2 Å². The number of hydrogen-bond donors (Lipinski definition) is 0. The zero-order chi connectivity index (χ0) is 14.2. The van der Waals surface area contributed by atoms with E-state index in [4.69, 9.17) is 14.0 Å². The second-order valence-electron chi connectivity index (χ2n) is 5.19. The summed E-state index contributed by atoms with van der Waals surface area (Å²) in [6.07, 6.45) is 1.15. The molecule has 2 saturated heterocycles. The lowest BCUT2D eigenvalue weighted by Crippen LogP contribution is -2.47. The molecule has 0 N–H and O–H groups in total. The van der Waals surface area contributed by atoms with E-state index in [9.17, 15) is 8.42 Å². The molecule has 0 bridgehead atoms. The lowest BCUT2D eigenvalue weighted by Gasteiger charge is -2.36. The van der Waals surface area contributed by atoms with Gasteiger partial charge in [0.2, 0.25) is 10.0 Å². The smallest absolute Gasteiger partial charge is 0.219 e. The minimum atomic E-state index is -3.37. The van der Waals surface area contributed by atoms with Gasteiger partial charge < -0.3 is 14.0 Å². The molecule has 0 amide bonds. The van der Waals surface area contributed by atoms with Crippen molar-refractivity contribution in [1.82, 2.24) is 9.46 Å². The molecule has 2 aliphatic heterocycles. The van der Waals surface area contributed by atoms with Crippen LogP contribution in [-0.4, -0.2) is 50.0 Å². The fraction of sp³-hybridized carbons (Fsp3) is 0.750. The van der Waals surface area contributed by atoms with Crippen LogP contribution in [-0.2, 0) is 25.2 Å². The molecule has 1 aromatic rings. The summed E-state index contributed by atoms with van der Waals surface area (Å²) in [5.41, 5.74) is 0.441. The number of piperidine rings is 1. The lowest BCUT2D eigenvalue weighted by molar-refractivity contribution is -0.179. The number of nitrogens with zero attached hydrogens (tertiary/aromatic N) is 2. The van der Waals surface area contributed by atoms with Gasteiger partial charge in [-0.1, -0.05) is 5.16 Å². The summed E-state index contributed by atoms with van der Waals surface area (Å²) in [5, 5.41) is 3.74. The van der Waals surface area contributed by atoms with E-state index < -0.39 is 15.8 Å². The first kappa shape index (κ1) is 14.0. The third kappa shape index (κ3) is 2.73. The van der Waals surface area contributed by atoms with Gasteiger partial charge in [-0.2, -0.15) is 0 Å². The Kier molecular flexibility index (Phi) is 3.57. The van der Waals surface area contributed by atoms with Gasteiger partial charge in [-0.3, -0.25) is 0 Å². The van der Waals surface area contributed by atoms with Crippen molar-refractivity contribution >= 4 is 10.0 Å². The Morgan fingerprint density at radius 3 is 2.50 bits per heavy atom. The van der Waals surface area contributed by atoms with Crippen LogP contribution in [0.15, 0.2) is 10.6 Å². The highest BCUT2D eigenvalue weighted by Gasteiger charge is 2.42. The third-order valence-corrected chi connectivity index (χ3v) is 5.51. The summed E-state index contributed by atoms with van der Waals surface area (Å²) in [5.74, 6) is -0.0733. The number of ether oxygens (including phenoxy) is 2. The Morgan fingerprint density at radius 1 is 1.30 bits per heavy atom. The zero-order valence-electron chi connectivity index (χ0n) is 11.4. The first-order valence-corrected chi connectivity index (χ1v) is 8.28. The van der Waals surface area contributed by atoms with Crippen LogP contribution in [0.3, 0.4) is 0 Å². The molecule has 2 aliphatic rings. The van der Waals surface area contributed by atoms with Crippen molar-refractivity contribution in [1.29, 1.82) is 0 Å². The molecular formula is C12H18N2O5S. The Morgan fingerprint density at radius 2 is 1.95 bits per heavy atom.